The van der Waals surface area contributed by atoms with Gasteiger partial charge >= 0.3 is 0 Å². The summed E-state index contributed by atoms with van der Waals surface area (Å²) < 4.78 is 21.8. The van der Waals surface area contributed by atoms with Crippen molar-refractivity contribution in [1.82, 2.24) is 4.90 Å². The monoisotopic (exact) mass is 181 g/mol. The predicted octanol–water partition coefficient (Wildman–Crippen LogP) is 1.54. The fourth-order valence-corrected chi connectivity index (χ4v) is 1.49. The number of fused-ring (bicyclic) bond motifs is 1. The first kappa shape index (κ1) is 5.34. The molecule has 0 aromatic heterocycles. The molecule has 0 saturated carbocycles. The third kappa shape index (κ3) is 1.40. The van der Waals surface area contributed by atoms with Crippen LogP contribution >= 0.6 is 0 Å². The first-order chi connectivity index (χ1) is 7.38. The number of hydrogen-bond acceptors (Lipinski definition) is 3. The van der Waals surface area contributed by atoms with Gasteiger partial charge in [-0.2, -0.15) is 0 Å². The molecule has 13 heavy (non-hydrogen) atoms. The molecule has 0 aliphatic carbocycles. The Labute approximate surface area is 80.1 Å². The van der Waals surface area contributed by atoms with Gasteiger partial charge in [-0.05, 0) is 18.1 Å². The molecule has 0 atom stereocenters. The standard InChI is InChI=1S/C9H10N2O2/c1-10-5-7-2-3-9(11(12)13)4-8(7)6-10/h2-4H,5-6H2,1H3/i1D3. The molecular weight excluding hydrogens is 168 g/mol. The topological polar surface area (TPSA) is 46.4 Å². The first-order valence-corrected chi connectivity index (χ1v) is 3.89. The highest BCUT2D eigenvalue weighted by atomic mass is 16.6. The van der Waals surface area contributed by atoms with Crippen molar-refractivity contribution < 1.29 is 9.04 Å². The van der Waals surface area contributed by atoms with Gasteiger partial charge in [0.15, 0.2) is 0 Å². The van der Waals surface area contributed by atoms with Crippen molar-refractivity contribution in [2.45, 2.75) is 13.1 Å². The zero-order valence-corrected chi connectivity index (χ0v) is 6.86. The van der Waals surface area contributed by atoms with Gasteiger partial charge in [0.25, 0.3) is 5.69 Å². The maximum absolute atomic E-state index is 10.6. The number of non-ortho nitro benzene ring substituents is 1. The van der Waals surface area contributed by atoms with Crippen LogP contribution in [0.15, 0.2) is 18.2 Å². The lowest BCUT2D eigenvalue weighted by Gasteiger charge is -2.02. The minimum Gasteiger partial charge on any atom is -0.298 e. The van der Waals surface area contributed by atoms with Crippen molar-refractivity contribution >= 4 is 5.69 Å². The van der Waals surface area contributed by atoms with Gasteiger partial charge in [0, 0.05) is 29.3 Å². The third-order valence-electron chi connectivity index (χ3n) is 2.12. The van der Waals surface area contributed by atoms with Gasteiger partial charge in [-0.25, -0.2) is 0 Å². The summed E-state index contributed by atoms with van der Waals surface area (Å²) in [6.07, 6.45) is 0. The van der Waals surface area contributed by atoms with Gasteiger partial charge in [-0.3, -0.25) is 15.0 Å². The largest absolute Gasteiger partial charge is 0.298 e. The molecule has 68 valence electrons. The molecule has 4 nitrogen and oxygen atoms in total. The van der Waals surface area contributed by atoms with E-state index >= 15 is 0 Å². The molecule has 0 spiro atoms. The lowest BCUT2D eigenvalue weighted by atomic mass is 10.1. The lowest BCUT2D eigenvalue weighted by Crippen LogP contribution is -2.07. The summed E-state index contributed by atoms with van der Waals surface area (Å²) in [5.74, 6) is 0. The Kier molecular flexibility index (Phi) is 1.16. The van der Waals surface area contributed by atoms with E-state index in [1.54, 1.807) is 6.07 Å². The number of rotatable bonds is 1. The van der Waals surface area contributed by atoms with E-state index < -0.39 is 11.9 Å². The van der Waals surface area contributed by atoms with E-state index in [1.165, 1.54) is 17.0 Å². The summed E-state index contributed by atoms with van der Waals surface area (Å²) in [6.45, 7) is -1.58. The van der Waals surface area contributed by atoms with Crippen LogP contribution in [0.2, 0.25) is 0 Å². The zero-order valence-electron chi connectivity index (χ0n) is 9.86. The van der Waals surface area contributed by atoms with Gasteiger partial charge in [-0.1, -0.05) is 6.07 Å². The molecule has 0 radical (unpaired) electrons. The molecule has 0 amide bonds. The van der Waals surface area contributed by atoms with E-state index in [1.807, 2.05) is 0 Å². The number of nitro benzene ring substituents is 1. The lowest BCUT2D eigenvalue weighted by molar-refractivity contribution is -0.384. The Morgan fingerprint density at radius 2 is 2.31 bits per heavy atom. The summed E-state index contributed by atoms with van der Waals surface area (Å²) in [4.78, 5) is 11.4. The summed E-state index contributed by atoms with van der Waals surface area (Å²) in [5, 5.41) is 10.6. The van der Waals surface area contributed by atoms with Crippen LogP contribution in [0.25, 0.3) is 0 Å². The Morgan fingerprint density at radius 1 is 1.54 bits per heavy atom. The molecule has 1 heterocycles. The molecule has 1 aromatic rings. The van der Waals surface area contributed by atoms with Gasteiger partial charge in [0.1, 0.15) is 0 Å². The zero-order chi connectivity index (χ0) is 11.9. The Hall–Kier alpha value is -1.42. The van der Waals surface area contributed by atoms with E-state index in [4.69, 9.17) is 4.11 Å². The second-order valence-electron chi connectivity index (χ2n) is 3.07. The average Bonchev–Trinajstić information content (AvgIpc) is 2.58. The fraction of sp³-hybridized carbons (Fsp3) is 0.333. The van der Waals surface area contributed by atoms with Crippen molar-refractivity contribution in [3.8, 4) is 0 Å². The molecule has 0 saturated heterocycles. The minimum absolute atomic E-state index is 0.00569. The van der Waals surface area contributed by atoms with Crippen LogP contribution < -0.4 is 0 Å². The van der Waals surface area contributed by atoms with Crippen molar-refractivity contribution in [3.05, 3.63) is 39.4 Å². The van der Waals surface area contributed by atoms with Gasteiger partial charge < -0.3 is 0 Å². The second kappa shape index (κ2) is 2.81. The fourth-order valence-electron chi connectivity index (χ4n) is 1.49. The normalized spacial score (nSPS) is 20.2. The molecule has 0 fully saturated rings. The van der Waals surface area contributed by atoms with Crippen LogP contribution in [-0.4, -0.2) is 16.8 Å². The molecule has 4 heteroatoms. The van der Waals surface area contributed by atoms with Crippen LogP contribution in [0.3, 0.4) is 0 Å². The van der Waals surface area contributed by atoms with Crippen molar-refractivity contribution in [2.24, 2.45) is 0 Å². The maximum atomic E-state index is 10.6. The van der Waals surface area contributed by atoms with Gasteiger partial charge in [0.2, 0.25) is 0 Å². The van der Waals surface area contributed by atoms with Gasteiger partial charge in [-0.15, -0.1) is 0 Å². The predicted molar refractivity (Wildman–Crippen MR) is 48.3 cm³/mol. The number of hydrogen-bond donors (Lipinski definition) is 0. The highest BCUT2D eigenvalue weighted by Gasteiger charge is 2.18. The quantitative estimate of drug-likeness (QED) is 0.487. The molecule has 2 rings (SSSR count). The SMILES string of the molecule is [2H]C([2H])([2H])N1Cc2ccc([N+](=O)[O-])cc2C1. The minimum atomic E-state index is -2.15. The highest BCUT2D eigenvalue weighted by molar-refractivity contribution is 5.41. The van der Waals surface area contributed by atoms with Crippen LogP contribution in [0.5, 0.6) is 0 Å². The van der Waals surface area contributed by atoms with E-state index in [0.717, 1.165) is 11.1 Å². The molecule has 0 bridgehead atoms. The first-order valence-electron chi connectivity index (χ1n) is 5.39. The smallest absolute Gasteiger partial charge is 0.269 e. The highest BCUT2D eigenvalue weighted by Crippen LogP contribution is 2.25. The van der Waals surface area contributed by atoms with E-state index in [2.05, 4.69) is 0 Å². The van der Waals surface area contributed by atoms with E-state index in [-0.39, 0.29) is 12.2 Å². The van der Waals surface area contributed by atoms with Crippen molar-refractivity contribution in [1.29, 1.82) is 0 Å². The molecule has 1 aromatic carbocycles. The number of nitrogens with zero attached hydrogens (tertiary/aromatic N) is 2. The Balaban J connectivity index is 2.28. The van der Waals surface area contributed by atoms with Crippen LogP contribution in [0, 0.1) is 10.1 Å². The van der Waals surface area contributed by atoms with Crippen LogP contribution in [-0.2, 0) is 13.1 Å². The molecule has 1 aliphatic heterocycles. The number of nitro groups is 1. The number of benzene rings is 1. The van der Waals surface area contributed by atoms with Crippen LogP contribution in [0.1, 0.15) is 15.2 Å². The third-order valence-corrected chi connectivity index (χ3v) is 2.12. The molecule has 0 N–H and O–H groups in total. The summed E-state index contributed by atoms with van der Waals surface area (Å²) >= 11 is 0. The summed E-state index contributed by atoms with van der Waals surface area (Å²) in [7, 11) is 0. The van der Waals surface area contributed by atoms with Crippen LogP contribution in [0.4, 0.5) is 5.69 Å². The van der Waals surface area contributed by atoms with Crippen molar-refractivity contribution in [2.75, 3.05) is 6.98 Å². The molecule has 0 unspecified atom stereocenters. The average molecular weight is 181 g/mol. The molecular formula is C9H10N2O2. The summed E-state index contributed by atoms with van der Waals surface area (Å²) in [5.41, 5.74) is 1.58. The van der Waals surface area contributed by atoms with Crippen molar-refractivity contribution in [3.63, 3.8) is 0 Å². The second-order valence-corrected chi connectivity index (χ2v) is 3.07. The maximum Gasteiger partial charge on any atom is 0.269 e. The molecule has 1 aliphatic rings. The van der Waals surface area contributed by atoms with Gasteiger partial charge in [0.05, 0.1) is 4.92 Å². The summed E-state index contributed by atoms with van der Waals surface area (Å²) in [6, 6.07) is 4.47. The Morgan fingerprint density at radius 3 is 3.00 bits per heavy atom. The van der Waals surface area contributed by atoms with E-state index in [0.29, 0.717) is 6.54 Å². The van der Waals surface area contributed by atoms with E-state index in [9.17, 15) is 10.1 Å². The Bertz CT molecular complexity index is 445.